The summed E-state index contributed by atoms with van der Waals surface area (Å²) >= 11 is 1.50. The molecule has 1 aromatic carbocycles. The molecule has 0 radical (unpaired) electrons. The summed E-state index contributed by atoms with van der Waals surface area (Å²) in [5.41, 5.74) is 2.74. The van der Waals surface area contributed by atoms with Crippen LogP contribution in [0.5, 0.6) is 5.75 Å². The smallest absolute Gasteiger partial charge is 0.243 e. The molecule has 1 aliphatic heterocycles. The average molecular weight is 478 g/mol. The molecule has 3 aliphatic rings. The molecule has 174 valence electrons. The van der Waals surface area contributed by atoms with Gasteiger partial charge in [0.1, 0.15) is 17.4 Å². The Hall–Kier alpha value is -3.27. The fourth-order valence-corrected chi connectivity index (χ4v) is 7.12. The third-order valence-electron chi connectivity index (χ3n) is 8.07. The monoisotopic (exact) mass is 477 g/mol. The fraction of sp³-hybridized carbons (Fsp3) is 0.417. The van der Waals surface area contributed by atoms with Crippen molar-refractivity contribution in [2.45, 2.75) is 25.8 Å². The largest absolute Gasteiger partial charge is 0.496 e. The van der Waals surface area contributed by atoms with Gasteiger partial charge in [0.25, 0.3) is 0 Å². The molecule has 4 atom stereocenters. The highest BCUT2D eigenvalue weighted by atomic mass is 32.1. The number of aryl methyl sites for hydroxylation is 1. The SMILES string of the molecule is COc1cc(F)ccc1-c1cccn2nc(NC3[C@H]4CCC45CN(c4nc(C)ns4)C[C@H]35)nc12. The number of pyridine rings is 1. The van der Waals surface area contributed by atoms with Crippen molar-refractivity contribution in [3.05, 3.63) is 48.2 Å². The molecule has 4 aromatic rings. The van der Waals surface area contributed by atoms with E-state index in [4.69, 9.17) is 14.8 Å². The summed E-state index contributed by atoms with van der Waals surface area (Å²) < 4.78 is 25.3. The minimum atomic E-state index is -0.334. The van der Waals surface area contributed by atoms with Gasteiger partial charge >= 0.3 is 0 Å². The average Bonchev–Trinajstić information content (AvgIpc) is 3.53. The fourth-order valence-electron chi connectivity index (χ4n) is 6.44. The molecule has 1 saturated heterocycles. The molecule has 0 amide bonds. The standard InChI is InChI=1S/C24H24FN7OS/c1-13-26-23(34-30-13)31-11-18-20(17-7-8-24(17,18)12-31)27-22-28-21-16(4-3-9-32(21)29-22)15-6-5-14(25)10-19(15)33-2/h3-6,9-10,17-18,20H,7-8,11-12H2,1-2H3,(H,27,29)/t17-,18-,20?,24?/m1/s1. The van der Waals surface area contributed by atoms with Crippen LogP contribution >= 0.6 is 11.5 Å². The summed E-state index contributed by atoms with van der Waals surface area (Å²) in [6.07, 6.45) is 4.40. The van der Waals surface area contributed by atoms with Crippen LogP contribution in [0.3, 0.4) is 0 Å². The number of rotatable bonds is 5. The Kier molecular flexibility index (Phi) is 4.21. The highest BCUT2D eigenvalue weighted by Gasteiger charge is 2.70. The van der Waals surface area contributed by atoms with E-state index in [1.807, 2.05) is 25.3 Å². The number of fused-ring (bicyclic) bond motifs is 1. The zero-order valence-corrected chi connectivity index (χ0v) is 19.7. The van der Waals surface area contributed by atoms with Gasteiger partial charge in [-0.15, -0.1) is 5.10 Å². The summed E-state index contributed by atoms with van der Waals surface area (Å²) in [4.78, 5) is 11.9. The summed E-state index contributed by atoms with van der Waals surface area (Å²) in [5.74, 6) is 2.81. The zero-order valence-electron chi connectivity index (χ0n) is 18.9. The quantitative estimate of drug-likeness (QED) is 0.465. The minimum absolute atomic E-state index is 0.334. The number of ether oxygens (including phenoxy) is 1. The Labute approximate surface area is 200 Å². The first-order valence-electron chi connectivity index (χ1n) is 11.6. The molecule has 8 nitrogen and oxygen atoms in total. The Morgan fingerprint density at radius 2 is 2.12 bits per heavy atom. The van der Waals surface area contributed by atoms with Crippen LogP contribution in [0.15, 0.2) is 36.5 Å². The van der Waals surface area contributed by atoms with Crippen molar-refractivity contribution in [3.8, 4) is 16.9 Å². The number of halogens is 1. The van der Waals surface area contributed by atoms with Gasteiger partial charge in [0.2, 0.25) is 11.1 Å². The molecular weight excluding hydrogens is 453 g/mol. The molecule has 34 heavy (non-hydrogen) atoms. The summed E-state index contributed by atoms with van der Waals surface area (Å²) in [5, 5.41) is 9.42. The number of anilines is 2. The number of nitrogens with one attached hydrogen (secondary N) is 1. The molecule has 2 unspecified atom stereocenters. The van der Waals surface area contributed by atoms with Gasteiger partial charge in [-0.2, -0.15) is 9.36 Å². The van der Waals surface area contributed by atoms with Gasteiger partial charge in [0.05, 0.1) is 7.11 Å². The van der Waals surface area contributed by atoms with Gasteiger partial charge in [-0.1, -0.05) is 0 Å². The summed E-state index contributed by atoms with van der Waals surface area (Å²) in [7, 11) is 1.55. The zero-order chi connectivity index (χ0) is 23.0. The van der Waals surface area contributed by atoms with Crippen molar-refractivity contribution in [3.63, 3.8) is 0 Å². The third-order valence-corrected chi connectivity index (χ3v) is 8.93. The van der Waals surface area contributed by atoms with Crippen LogP contribution in [0.4, 0.5) is 15.5 Å². The Bertz CT molecular complexity index is 1420. The van der Waals surface area contributed by atoms with Gasteiger partial charge in [-0.3, -0.25) is 0 Å². The molecule has 3 aromatic heterocycles. The molecule has 3 fully saturated rings. The summed E-state index contributed by atoms with van der Waals surface area (Å²) in [6, 6.07) is 8.79. The molecule has 2 aliphatic carbocycles. The van der Waals surface area contributed by atoms with E-state index in [2.05, 4.69) is 19.6 Å². The van der Waals surface area contributed by atoms with Crippen LogP contribution in [0, 0.1) is 30.0 Å². The topological polar surface area (TPSA) is 80.5 Å². The Balaban J connectivity index is 1.18. The molecule has 10 heteroatoms. The molecule has 1 N–H and O–H groups in total. The minimum Gasteiger partial charge on any atom is -0.496 e. The van der Waals surface area contributed by atoms with Gasteiger partial charge in [-0.25, -0.2) is 13.9 Å². The number of hydrogen-bond acceptors (Lipinski definition) is 8. The second kappa shape index (κ2) is 7.11. The van der Waals surface area contributed by atoms with E-state index in [0.717, 1.165) is 35.2 Å². The van der Waals surface area contributed by atoms with Gasteiger partial charge < -0.3 is 15.0 Å². The van der Waals surface area contributed by atoms with E-state index in [1.165, 1.54) is 36.5 Å². The molecule has 4 heterocycles. The molecule has 7 rings (SSSR count). The first-order chi connectivity index (χ1) is 16.6. The highest BCUT2D eigenvalue weighted by Crippen LogP contribution is 2.68. The van der Waals surface area contributed by atoms with Crippen molar-refractivity contribution >= 4 is 28.3 Å². The molecule has 1 spiro atoms. The van der Waals surface area contributed by atoms with E-state index in [-0.39, 0.29) is 5.82 Å². The Morgan fingerprint density at radius 3 is 2.88 bits per heavy atom. The lowest BCUT2D eigenvalue weighted by molar-refractivity contribution is -0.117. The summed E-state index contributed by atoms with van der Waals surface area (Å²) in [6.45, 7) is 4.01. The van der Waals surface area contributed by atoms with Crippen LogP contribution < -0.4 is 15.0 Å². The van der Waals surface area contributed by atoms with Crippen molar-refractivity contribution in [2.24, 2.45) is 17.3 Å². The lowest BCUT2D eigenvalue weighted by Crippen LogP contribution is -2.68. The van der Waals surface area contributed by atoms with Crippen molar-refractivity contribution in [2.75, 3.05) is 30.4 Å². The van der Waals surface area contributed by atoms with Crippen LogP contribution in [0.1, 0.15) is 18.7 Å². The van der Waals surface area contributed by atoms with Crippen molar-refractivity contribution < 1.29 is 9.13 Å². The Morgan fingerprint density at radius 1 is 1.21 bits per heavy atom. The van der Waals surface area contributed by atoms with Gasteiger partial charge in [0, 0.05) is 60.0 Å². The lowest BCUT2D eigenvalue weighted by atomic mass is 9.41. The van der Waals surface area contributed by atoms with Gasteiger partial charge in [0.15, 0.2) is 5.65 Å². The second-order valence-electron chi connectivity index (χ2n) is 9.63. The third kappa shape index (κ3) is 2.74. The van der Waals surface area contributed by atoms with E-state index in [1.54, 1.807) is 17.7 Å². The van der Waals surface area contributed by atoms with Gasteiger partial charge in [-0.05, 0) is 55.4 Å². The predicted octanol–water partition coefficient (Wildman–Crippen LogP) is 4.03. The van der Waals surface area contributed by atoms with Crippen LogP contribution in [-0.4, -0.2) is 50.2 Å². The maximum Gasteiger partial charge on any atom is 0.243 e. The maximum atomic E-state index is 13.7. The van der Waals surface area contributed by atoms with Crippen LogP contribution in [-0.2, 0) is 0 Å². The van der Waals surface area contributed by atoms with Crippen LogP contribution in [0.2, 0.25) is 0 Å². The van der Waals surface area contributed by atoms with Crippen molar-refractivity contribution in [1.29, 1.82) is 0 Å². The normalized spacial score (nSPS) is 27.1. The maximum absolute atomic E-state index is 13.7. The predicted molar refractivity (Wildman–Crippen MR) is 128 cm³/mol. The van der Waals surface area contributed by atoms with E-state index in [0.29, 0.717) is 40.6 Å². The van der Waals surface area contributed by atoms with E-state index in [9.17, 15) is 4.39 Å². The molecular formula is C24H24FN7OS. The van der Waals surface area contributed by atoms with E-state index < -0.39 is 0 Å². The first-order valence-corrected chi connectivity index (χ1v) is 12.3. The number of hydrogen-bond donors (Lipinski definition) is 1. The van der Waals surface area contributed by atoms with Crippen molar-refractivity contribution in [1.82, 2.24) is 24.0 Å². The van der Waals surface area contributed by atoms with Crippen LogP contribution in [0.25, 0.3) is 16.8 Å². The molecule has 0 bridgehead atoms. The number of benzene rings is 1. The molecule has 2 saturated carbocycles. The second-order valence-corrected chi connectivity index (χ2v) is 10.4. The lowest BCUT2D eigenvalue weighted by Gasteiger charge is -2.65. The highest BCUT2D eigenvalue weighted by molar-refractivity contribution is 7.09. The first kappa shape index (κ1) is 20.1. The van der Waals surface area contributed by atoms with E-state index >= 15 is 0 Å². The number of nitrogens with zero attached hydrogens (tertiary/aromatic N) is 6. The number of aromatic nitrogens is 5. The number of methoxy groups -OCH3 is 1.